The van der Waals surface area contributed by atoms with Gasteiger partial charge in [0, 0.05) is 6.61 Å². The van der Waals surface area contributed by atoms with Crippen LogP contribution in [0.4, 0.5) is 13.2 Å². The van der Waals surface area contributed by atoms with Crippen LogP contribution in [0.15, 0.2) is 12.1 Å². The van der Waals surface area contributed by atoms with Crippen LogP contribution in [0.5, 0.6) is 11.5 Å². The molecule has 0 bridgehead atoms. The molecule has 3 nitrogen and oxygen atoms in total. The quantitative estimate of drug-likeness (QED) is 0.704. The topological polar surface area (TPSA) is 60.7 Å². The molecule has 1 aromatic carbocycles. The Morgan fingerprint density at radius 1 is 1.06 bits per heavy atom. The van der Waals surface area contributed by atoms with Crippen molar-refractivity contribution in [2.45, 2.75) is 19.0 Å². The molecule has 6 heteroatoms. The Kier molecular flexibility index (Phi) is 3.64. The Morgan fingerprint density at radius 2 is 1.62 bits per heavy atom. The van der Waals surface area contributed by atoms with E-state index in [9.17, 15) is 13.2 Å². The minimum atomic E-state index is -4.59. The molecular weight excluding hydrogens is 225 g/mol. The van der Waals surface area contributed by atoms with Crippen LogP contribution in [-0.2, 0) is 12.6 Å². The second-order valence-corrected chi connectivity index (χ2v) is 3.32. The second-order valence-electron chi connectivity index (χ2n) is 3.32. The summed E-state index contributed by atoms with van der Waals surface area (Å²) in [6.07, 6.45) is -4.44. The molecule has 0 radical (unpaired) electrons. The van der Waals surface area contributed by atoms with Gasteiger partial charge in [0.05, 0.1) is 5.56 Å². The maximum atomic E-state index is 12.5. The van der Waals surface area contributed by atoms with Crippen molar-refractivity contribution in [2.24, 2.45) is 0 Å². The average molecular weight is 236 g/mol. The van der Waals surface area contributed by atoms with Crippen LogP contribution < -0.4 is 0 Å². The lowest BCUT2D eigenvalue weighted by Gasteiger charge is -2.13. The third kappa shape index (κ3) is 2.79. The van der Waals surface area contributed by atoms with Gasteiger partial charge in [-0.25, -0.2) is 0 Å². The molecule has 0 atom stereocenters. The van der Waals surface area contributed by atoms with Gasteiger partial charge in [-0.15, -0.1) is 0 Å². The van der Waals surface area contributed by atoms with Gasteiger partial charge in [-0.3, -0.25) is 0 Å². The standard InChI is InChI=1S/C10H11F3O3/c11-10(12,13)7-5-9(16)8(15)4-6(7)2-1-3-14/h4-5,14-16H,1-3H2. The summed E-state index contributed by atoms with van der Waals surface area (Å²) in [5, 5.41) is 26.7. The van der Waals surface area contributed by atoms with Crippen LogP contribution in [-0.4, -0.2) is 21.9 Å². The highest BCUT2D eigenvalue weighted by atomic mass is 19.4. The maximum Gasteiger partial charge on any atom is 0.416 e. The lowest BCUT2D eigenvalue weighted by Crippen LogP contribution is -2.09. The molecule has 90 valence electrons. The first-order chi connectivity index (χ1) is 7.36. The van der Waals surface area contributed by atoms with Gasteiger partial charge < -0.3 is 15.3 Å². The molecule has 16 heavy (non-hydrogen) atoms. The van der Waals surface area contributed by atoms with E-state index in [4.69, 9.17) is 15.3 Å². The number of rotatable bonds is 3. The number of aromatic hydroxyl groups is 2. The summed E-state index contributed by atoms with van der Waals surface area (Å²) in [7, 11) is 0. The van der Waals surface area contributed by atoms with E-state index in [1.165, 1.54) is 0 Å². The maximum absolute atomic E-state index is 12.5. The van der Waals surface area contributed by atoms with E-state index in [0.717, 1.165) is 6.07 Å². The van der Waals surface area contributed by atoms with Crippen LogP contribution >= 0.6 is 0 Å². The number of phenolic OH excluding ortho intramolecular Hbond substituents is 2. The Labute approximate surface area is 89.8 Å². The number of hydrogen-bond acceptors (Lipinski definition) is 3. The summed E-state index contributed by atoms with van der Waals surface area (Å²) in [6, 6.07) is 1.36. The van der Waals surface area contributed by atoms with Gasteiger partial charge in [-0.05, 0) is 30.5 Å². The Bertz CT molecular complexity index is 374. The number of alkyl halides is 3. The summed E-state index contributed by atoms with van der Waals surface area (Å²) >= 11 is 0. The van der Waals surface area contributed by atoms with Crippen molar-refractivity contribution in [3.05, 3.63) is 23.3 Å². The first kappa shape index (κ1) is 12.6. The molecule has 0 saturated carbocycles. The molecule has 0 aliphatic carbocycles. The molecule has 0 amide bonds. The minimum absolute atomic E-state index is 0.0147. The van der Waals surface area contributed by atoms with Crippen molar-refractivity contribution in [3.8, 4) is 11.5 Å². The van der Waals surface area contributed by atoms with Crippen LogP contribution in [0.2, 0.25) is 0 Å². The van der Waals surface area contributed by atoms with E-state index < -0.39 is 23.2 Å². The molecule has 3 N–H and O–H groups in total. The van der Waals surface area contributed by atoms with Gasteiger partial charge in [0.1, 0.15) is 0 Å². The van der Waals surface area contributed by atoms with E-state index in [0.29, 0.717) is 6.07 Å². The first-order valence-electron chi connectivity index (χ1n) is 4.59. The van der Waals surface area contributed by atoms with Gasteiger partial charge in [0.2, 0.25) is 0 Å². The van der Waals surface area contributed by atoms with E-state index in [1.54, 1.807) is 0 Å². The van der Waals surface area contributed by atoms with Crippen LogP contribution in [0.3, 0.4) is 0 Å². The molecular formula is C10H11F3O3. The summed E-state index contributed by atoms with van der Waals surface area (Å²) in [5.74, 6) is -1.40. The van der Waals surface area contributed by atoms with E-state index in [1.807, 2.05) is 0 Å². The van der Waals surface area contributed by atoms with E-state index in [-0.39, 0.29) is 25.0 Å². The zero-order valence-corrected chi connectivity index (χ0v) is 8.25. The van der Waals surface area contributed by atoms with Crippen LogP contribution in [0.1, 0.15) is 17.5 Å². The first-order valence-corrected chi connectivity index (χ1v) is 4.59. The highest BCUT2D eigenvalue weighted by Gasteiger charge is 2.34. The molecule has 0 heterocycles. The van der Waals surface area contributed by atoms with Gasteiger partial charge in [0.15, 0.2) is 11.5 Å². The molecule has 0 fully saturated rings. The molecule has 0 saturated heterocycles. The van der Waals surface area contributed by atoms with Gasteiger partial charge in [0.25, 0.3) is 0 Å². The van der Waals surface area contributed by atoms with Crippen LogP contribution in [0, 0.1) is 0 Å². The van der Waals surface area contributed by atoms with Gasteiger partial charge >= 0.3 is 6.18 Å². The zero-order valence-electron chi connectivity index (χ0n) is 8.25. The number of phenols is 2. The molecule has 0 aromatic heterocycles. The molecule has 0 spiro atoms. The van der Waals surface area contributed by atoms with Crippen molar-refractivity contribution in [3.63, 3.8) is 0 Å². The number of hydrogen-bond donors (Lipinski definition) is 3. The Hall–Kier alpha value is -1.43. The van der Waals surface area contributed by atoms with Crippen molar-refractivity contribution in [1.82, 2.24) is 0 Å². The predicted molar refractivity (Wildman–Crippen MR) is 50.2 cm³/mol. The van der Waals surface area contributed by atoms with E-state index in [2.05, 4.69) is 0 Å². The number of halogens is 3. The number of aliphatic hydroxyl groups excluding tert-OH is 1. The number of benzene rings is 1. The summed E-state index contributed by atoms with van der Waals surface area (Å²) < 4.78 is 37.6. The van der Waals surface area contributed by atoms with Crippen molar-refractivity contribution < 1.29 is 28.5 Å². The summed E-state index contributed by atoms with van der Waals surface area (Å²) in [5.41, 5.74) is -1.13. The SMILES string of the molecule is OCCCc1cc(O)c(O)cc1C(F)(F)F. The summed E-state index contributed by atoms with van der Waals surface area (Å²) in [6.45, 7) is -0.237. The third-order valence-electron chi connectivity index (χ3n) is 2.11. The molecule has 0 aliphatic rings. The second kappa shape index (κ2) is 4.61. The zero-order chi connectivity index (χ0) is 12.3. The Balaban J connectivity index is 3.17. The third-order valence-corrected chi connectivity index (χ3v) is 2.11. The van der Waals surface area contributed by atoms with E-state index >= 15 is 0 Å². The van der Waals surface area contributed by atoms with Crippen molar-refractivity contribution in [2.75, 3.05) is 6.61 Å². The molecule has 1 aromatic rings. The summed E-state index contributed by atoms with van der Waals surface area (Å²) in [4.78, 5) is 0. The minimum Gasteiger partial charge on any atom is -0.504 e. The highest BCUT2D eigenvalue weighted by Crippen LogP contribution is 2.38. The fraction of sp³-hybridized carbons (Fsp3) is 0.400. The lowest BCUT2D eigenvalue weighted by atomic mass is 10.0. The smallest absolute Gasteiger partial charge is 0.416 e. The fourth-order valence-electron chi connectivity index (χ4n) is 1.36. The number of aryl methyl sites for hydroxylation is 1. The molecule has 0 unspecified atom stereocenters. The lowest BCUT2D eigenvalue weighted by molar-refractivity contribution is -0.138. The largest absolute Gasteiger partial charge is 0.504 e. The highest BCUT2D eigenvalue weighted by molar-refractivity contribution is 5.46. The predicted octanol–water partition coefficient (Wildman–Crippen LogP) is 2.04. The monoisotopic (exact) mass is 236 g/mol. The fourth-order valence-corrected chi connectivity index (χ4v) is 1.36. The van der Waals surface area contributed by atoms with Crippen molar-refractivity contribution in [1.29, 1.82) is 0 Å². The van der Waals surface area contributed by atoms with Crippen molar-refractivity contribution >= 4 is 0 Å². The van der Waals surface area contributed by atoms with Gasteiger partial charge in [-0.2, -0.15) is 13.2 Å². The number of aliphatic hydroxyl groups is 1. The molecule has 1 rings (SSSR count). The Morgan fingerprint density at radius 3 is 2.12 bits per heavy atom. The molecule has 0 aliphatic heterocycles. The van der Waals surface area contributed by atoms with Crippen LogP contribution in [0.25, 0.3) is 0 Å². The average Bonchev–Trinajstić information content (AvgIpc) is 2.17. The van der Waals surface area contributed by atoms with Gasteiger partial charge in [-0.1, -0.05) is 0 Å². The normalized spacial score (nSPS) is 11.8.